The van der Waals surface area contributed by atoms with Crippen LogP contribution in [0.3, 0.4) is 0 Å². The van der Waals surface area contributed by atoms with Crippen molar-refractivity contribution in [1.29, 1.82) is 0 Å². The zero-order chi connectivity index (χ0) is 28.6. The fourth-order valence-electron chi connectivity index (χ4n) is 4.96. The number of amides is 1. The molecule has 0 saturated carbocycles. The lowest BCUT2D eigenvalue weighted by Crippen LogP contribution is -2.40. The standard InChI is InChI=1S/C34H33N3O4/c1-25(33-35-29-18-10-9-17-28(29)34(39)37(33)30-19-11-12-20-31(30)40-2)36(22-21-26-13-5-3-6-14-26)32(38)24-41-23-27-15-7-4-8-16-27/h3-20,25H,21-24H2,1-2H3. The highest BCUT2D eigenvalue weighted by Gasteiger charge is 2.27. The Kier molecular flexibility index (Phi) is 8.86. The molecule has 0 aliphatic rings. The van der Waals surface area contributed by atoms with Crippen molar-refractivity contribution in [2.45, 2.75) is 26.0 Å². The molecule has 7 nitrogen and oxygen atoms in total. The molecule has 0 bridgehead atoms. The summed E-state index contributed by atoms with van der Waals surface area (Å²) in [5, 5.41) is 0.489. The van der Waals surface area contributed by atoms with Crippen molar-refractivity contribution in [3.8, 4) is 11.4 Å². The van der Waals surface area contributed by atoms with Gasteiger partial charge in [0.15, 0.2) is 0 Å². The molecule has 1 amide bonds. The highest BCUT2D eigenvalue weighted by molar-refractivity contribution is 5.79. The Hall–Kier alpha value is -4.75. The first-order chi connectivity index (χ1) is 20.1. The Morgan fingerprint density at radius 2 is 1.49 bits per heavy atom. The lowest BCUT2D eigenvalue weighted by molar-refractivity contribution is -0.139. The van der Waals surface area contributed by atoms with E-state index in [-0.39, 0.29) is 18.1 Å². The van der Waals surface area contributed by atoms with E-state index in [1.807, 2.05) is 104 Å². The van der Waals surface area contributed by atoms with E-state index in [2.05, 4.69) is 0 Å². The van der Waals surface area contributed by atoms with Gasteiger partial charge in [0.2, 0.25) is 5.91 Å². The summed E-state index contributed by atoms with van der Waals surface area (Å²) in [5.74, 6) is 0.800. The van der Waals surface area contributed by atoms with E-state index in [1.165, 1.54) is 0 Å². The van der Waals surface area contributed by atoms with Gasteiger partial charge in [-0.2, -0.15) is 0 Å². The molecular weight excluding hydrogens is 514 g/mol. The fourth-order valence-corrected chi connectivity index (χ4v) is 4.96. The maximum absolute atomic E-state index is 14.0. The summed E-state index contributed by atoms with van der Waals surface area (Å²) >= 11 is 0. The molecule has 208 valence electrons. The number of benzene rings is 4. The third kappa shape index (κ3) is 6.36. The predicted octanol–water partition coefficient (Wildman–Crippen LogP) is 5.74. The van der Waals surface area contributed by atoms with E-state index in [9.17, 15) is 9.59 Å². The third-order valence-corrected chi connectivity index (χ3v) is 7.11. The third-order valence-electron chi connectivity index (χ3n) is 7.11. The van der Waals surface area contributed by atoms with Crippen LogP contribution >= 0.6 is 0 Å². The zero-order valence-corrected chi connectivity index (χ0v) is 23.3. The molecular formula is C34H33N3O4. The molecule has 0 spiro atoms. The molecule has 4 aromatic carbocycles. The van der Waals surface area contributed by atoms with Crippen LogP contribution in [0.25, 0.3) is 16.6 Å². The highest BCUT2D eigenvalue weighted by atomic mass is 16.5. The second-order valence-electron chi connectivity index (χ2n) is 9.78. The number of hydrogen-bond acceptors (Lipinski definition) is 5. The van der Waals surface area contributed by atoms with Gasteiger partial charge < -0.3 is 14.4 Å². The molecule has 0 fully saturated rings. The summed E-state index contributed by atoms with van der Waals surface area (Å²) in [4.78, 5) is 34.4. The lowest BCUT2D eigenvalue weighted by Gasteiger charge is -2.31. The van der Waals surface area contributed by atoms with Gasteiger partial charge in [-0.25, -0.2) is 4.98 Å². The molecule has 0 radical (unpaired) electrons. The van der Waals surface area contributed by atoms with E-state index in [0.717, 1.165) is 11.1 Å². The number of aromatic nitrogens is 2. The molecule has 1 atom stereocenters. The Balaban J connectivity index is 1.54. The van der Waals surface area contributed by atoms with Crippen LogP contribution < -0.4 is 10.3 Å². The number of fused-ring (bicyclic) bond motifs is 1. The van der Waals surface area contributed by atoms with Gasteiger partial charge in [-0.3, -0.25) is 14.2 Å². The molecule has 1 unspecified atom stereocenters. The number of nitrogens with zero attached hydrogens (tertiary/aromatic N) is 3. The minimum Gasteiger partial charge on any atom is -0.495 e. The highest BCUT2D eigenvalue weighted by Crippen LogP contribution is 2.28. The Morgan fingerprint density at radius 3 is 2.22 bits per heavy atom. The van der Waals surface area contributed by atoms with E-state index in [0.29, 0.717) is 47.7 Å². The molecule has 0 N–H and O–H groups in total. The minimum atomic E-state index is -0.547. The quantitative estimate of drug-likeness (QED) is 0.211. The van der Waals surface area contributed by atoms with Gasteiger partial charge in [-0.1, -0.05) is 84.9 Å². The summed E-state index contributed by atoms with van der Waals surface area (Å²) in [6.07, 6.45) is 0.641. The number of ether oxygens (including phenoxy) is 2. The smallest absolute Gasteiger partial charge is 0.266 e. The van der Waals surface area contributed by atoms with E-state index < -0.39 is 6.04 Å². The number of rotatable bonds is 11. The van der Waals surface area contributed by atoms with Gasteiger partial charge in [-0.15, -0.1) is 0 Å². The summed E-state index contributed by atoms with van der Waals surface area (Å²) in [6.45, 7) is 2.56. The maximum Gasteiger partial charge on any atom is 0.266 e. The Morgan fingerprint density at radius 1 is 0.854 bits per heavy atom. The maximum atomic E-state index is 14.0. The molecule has 41 heavy (non-hydrogen) atoms. The first-order valence-corrected chi connectivity index (χ1v) is 13.7. The molecule has 7 heteroatoms. The van der Waals surface area contributed by atoms with Crippen molar-refractivity contribution >= 4 is 16.8 Å². The molecule has 0 aliphatic heterocycles. The number of carbonyl (C=O) groups is 1. The molecule has 5 rings (SSSR count). The van der Waals surface area contributed by atoms with Crippen molar-refractivity contribution in [3.05, 3.63) is 136 Å². The molecule has 0 saturated heterocycles. The van der Waals surface area contributed by atoms with Crippen molar-refractivity contribution in [2.75, 3.05) is 20.3 Å². The summed E-state index contributed by atoms with van der Waals surface area (Å²) in [7, 11) is 1.57. The van der Waals surface area contributed by atoms with Crippen LogP contribution in [-0.2, 0) is 22.6 Å². The van der Waals surface area contributed by atoms with Crippen LogP contribution in [0.1, 0.15) is 29.9 Å². The summed E-state index contributed by atoms with van der Waals surface area (Å²) < 4.78 is 13.0. The van der Waals surface area contributed by atoms with Crippen molar-refractivity contribution in [3.63, 3.8) is 0 Å². The average Bonchev–Trinajstić information content (AvgIpc) is 3.02. The average molecular weight is 548 g/mol. The molecule has 0 aliphatic carbocycles. The Bertz CT molecular complexity index is 1670. The van der Waals surface area contributed by atoms with Crippen LogP contribution in [0.5, 0.6) is 5.75 Å². The SMILES string of the molecule is COc1ccccc1-n1c(C(C)N(CCc2ccccc2)C(=O)COCc2ccccc2)nc2ccccc2c1=O. The lowest BCUT2D eigenvalue weighted by atomic mass is 10.1. The van der Waals surface area contributed by atoms with Gasteiger partial charge >= 0.3 is 0 Å². The minimum absolute atomic E-state index is 0.0967. The summed E-state index contributed by atoms with van der Waals surface area (Å²) in [5.41, 5.74) is 3.01. The van der Waals surface area contributed by atoms with Gasteiger partial charge in [0.05, 0.1) is 36.3 Å². The predicted molar refractivity (Wildman–Crippen MR) is 160 cm³/mol. The normalized spacial score (nSPS) is 11.8. The van der Waals surface area contributed by atoms with Gasteiger partial charge in [-0.05, 0) is 48.7 Å². The molecule has 5 aromatic rings. The largest absolute Gasteiger partial charge is 0.495 e. The van der Waals surface area contributed by atoms with Crippen LogP contribution in [-0.4, -0.2) is 40.6 Å². The number of carbonyl (C=O) groups excluding carboxylic acids is 1. The fraction of sp³-hybridized carbons (Fsp3) is 0.206. The van der Waals surface area contributed by atoms with E-state index >= 15 is 0 Å². The van der Waals surface area contributed by atoms with Gasteiger partial charge in [0.25, 0.3) is 5.56 Å². The zero-order valence-electron chi connectivity index (χ0n) is 23.3. The second kappa shape index (κ2) is 13.1. The van der Waals surface area contributed by atoms with Gasteiger partial charge in [0, 0.05) is 6.54 Å². The van der Waals surface area contributed by atoms with Crippen LogP contribution in [0.2, 0.25) is 0 Å². The second-order valence-corrected chi connectivity index (χ2v) is 9.78. The molecule has 1 heterocycles. The number of para-hydroxylation sites is 3. The van der Waals surface area contributed by atoms with Crippen LogP contribution in [0.4, 0.5) is 0 Å². The first kappa shape index (κ1) is 27.8. The van der Waals surface area contributed by atoms with E-state index in [1.54, 1.807) is 28.7 Å². The van der Waals surface area contributed by atoms with Gasteiger partial charge in [0.1, 0.15) is 18.2 Å². The number of methoxy groups -OCH3 is 1. The van der Waals surface area contributed by atoms with Crippen molar-refractivity contribution < 1.29 is 14.3 Å². The van der Waals surface area contributed by atoms with Crippen molar-refractivity contribution in [1.82, 2.24) is 14.5 Å². The topological polar surface area (TPSA) is 73.7 Å². The van der Waals surface area contributed by atoms with Crippen LogP contribution in [0, 0.1) is 0 Å². The van der Waals surface area contributed by atoms with Crippen molar-refractivity contribution in [2.24, 2.45) is 0 Å². The van der Waals surface area contributed by atoms with Crippen LogP contribution in [0.15, 0.2) is 114 Å². The summed E-state index contributed by atoms with van der Waals surface area (Å²) in [6, 6.07) is 33.8. The van der Waals surface area contributed by atoms with E-state index in [4.69, 9.17) is 14.5 Å². The first-order valence-electron chi connectivity index (χ1n) is 13.7. The number of hydrogen-bond donors (Lipinski definition) is 0. The monoisotopic (exact) mass is 547 g/mol. The molecule has 1 aromatic heterocycles. The Labute approximate surface area is 239 Å².